The number of carbonyl (C=O) groups excluding carboxylic acids is 1. The van der Waals surface area contributed by atoms with Crippen LogP contribution in [0, 0.1) is 5.92 Å². The van der Waals surface area contributed by atoms with Gasteiger partial charge in [-0.25, -0.2) is 8.42 Å². The van der Waals surface area contributed by atoms with Gasteiger partial charge >= 0.3 is 0 Å². The molecule has 1 aromatic rings. The molecule has 1 aliphatic heterocycles. The molecule has 28 heavy (non-hydrogen) atoms. The summed E-state index contributed by atoms with van der Waals surface area (Å²) in [7, 11) is -3.64. The predicted octanol–water partition coefficient (Wildman–Crippen LogP) is 3.22. The third-order valence-corrected chi connectivity index (χ3v) is 7.55. The molecule has 0 radical (unpaired) electrons. The van der Waals surface area contributed by atoms with E-state index >= 15 is 0 Å². The molecule has 1 amide bonds. The fourth-order valence-corrected chi connectivity index (χ4v) is 5.43. The normalized spacial score (nSPS) is 19.6. The van der Waals surface area contributed by atoms with E-state index in [4.69, 9.17) is 11.6 Å². The summed E-state index contributed by atoms with van der Waals surface area (Å²) in [4.78, 5) is 15.2. The van der Waals surface area contributed by atoms with Crippen molar-refractivity contribution < 1.29 is 13.2 Å². The highest BCUT2D eigenvalue weighted by Gasteiger charge is 2.25. The van der Waals surface area contributed by atoms with Crippen LogP contribution in [-0.4, -0.2) is 62.3 Å². The van der Waals surface area contributed by atoms with Crippen LogP contribution in [0.5, 0.6) is 0 Å². The number of likely N-dealkylation sites (tertiary alicyclic amines) is 1. The Morgan fingerprint density at radius 1 is 1.36 bits per heavy atom. The van der Waals surface area contributed by atoms with Gasteiger partial charge in [0.2, 0.25) is 10.0 Å². The monoisotopic (exact) mass is 429 g/mol. The van der Waals surface area contributed by atoms with E-state index in [1.54, 1.807) is 13.8 Å². The van der Waals surface area contributed by atoms with Crippen molar-refractivity contribution in [2.45, 2.75) is 51.5 Å². The Labute approximate surface area is 174 Å². The van der Waals surface area contributed by atoms with E-state index in [1.165, 1.54) is 35.3 Å². The zero-order chi connectivity index (χ0) is 20.9. The second-order valence-electron chi connectivity index (χ2n) is 7.61. The highest BCUT2D eigenvalue weighted by Crippen LogP contribution is 2.23. The zero-order valence-electron chi connectivity index (χ0n) is 17.2. The average molecular weight is 430 g/mol. The van der Waals surface area contributed by atoms with Crippen LogP contribution in [0.25, 0.3) is 0 Å². The number of amides is 1. The number of sulfonamides is 1. The van der Waals surface area contributed by atoms with E-state index < -0.39 is 10.0 Å². The molecule has 6 nitrogen and oxygen atoms in total. The molecule has 158 valence electrons. The Bertz CT molecular complexity index is 781. The van der Waals surface area contributed by atoms with Crippen LogP contribution in [-0.2, 0) is 10.0 Å². The summed E-state index contributed by atoms with van der Waals surface area (Å²) in [5.74, 6) is 0.326. The molecule has 0 aliphatic carbocycles. The molecular formula is C20H32ClN3O3S. The third kappa shape index (κ3) is 5.69. The molecule has 1 heterocycles. The van der Waals surface area contributed by atoms with E-state index in [1.807, 2.05) is 6.92 Å². The predicted molar refractivity (Wildman–Crippen MR) is 113 cm³/mol. The molecule has 2 unspecified atom stereocenters. The minimum atomic E-state index is -3.64. The smallest absolute Gasteiger partial charge is 0.253 e. The van der Waals surface area contributed by atoms with Crippen LogP contribution < -0.4 is 5.32 Å². The lowest BCUT2D eigenvalue weighted by atomic mass is 10.00. The van der Waals surface area contributed by atoms with Crippen molar-refractivity contribution >= 4 is 27.5 Å². The van der Waals surface area contributed by atoms with Gasteiger partial charge in [0.1, 0.15) is 0 Å². The van der Waals surface area contributed by atoms with E-state index in [-0.39, 0.29) is 27.4 Å². The topological polar surface area (TPSA) is 69.7 Å². The summed E-state index contributed by atoms with van der Waals surface area (Å²) >= 11 is 6.20. The first-order chi connectivity index (χ1) is 13.2. The summed E-state index contributed by atoms with van der Waals surface area (Å²) < 4.78 is 26.8. The van der Waals surface area contributed by atoms with Crippen LogP contribution in [0.15, 0.2) is 23.1 Å². The van der Waals surface area contributed by atoms with Gasteiger partial charge in [-0.15, -0.1) is 0 Å². The first kappa shape index (κ1) is 23.1. The van der Waals surface area contributed by atoms with Gasteiger partial charge in [0.05, 0.1) is 15.5 Å². The molecular weight excluding hydrogens is 398 g/mol. The van der Waals surface area contributed by atoms with Crippen LogP contribution in [0.4, 0.5) is 0 Å². The quantitative estimate of drug-likeness (QED) is 0.688. The Hall–Kier alpha value is -1.15. The van der Waals surface area contributed by atoms with Crippen molar-refractivity contribution in [3.63, 3.8) is 0 Å². The molecule has 2 rings (SSSR count). The molecule has 0 aromatic heterocycles. The minimum absolute atomic E-state index is 0.0584. The SMILES string of the molecule is CCN(CC)S(=O)(=O)c1ccc(Cl)c(C(=O)NC(C)CN2CCCC(C)C2)c1. The van der Waals surface area contributed by atoms with Crippen molar-refractivity contribution in [1.29, 1.82) is 0 Å². The average Bonchev–Trinajstić information content (AvgIpc) is 2.62. The molecule has 8 heteroatoms. The number of hydrogen-bond donors (Lipinski definition) is 1. The van der Waals surface area contributed by atoms with Crippen LogP contribution in [0.3, 0.4) is 0 Å². The van der Waals surface area contributed by atoms with Gasteiger partial charge in [-0.2, -0.15) is 4.31 Å². The van der Waals surface area contributed by atoms with Gasteiger partial charge < -0.3 is 10.2 Å². The fourth-order valence-electron chi connectivity index (χ4n) is 3.74. The van der Waals surface area contributed by atoms with Crippen molar-refractivity contribution in [3.8, 4) is 0 Å². The maximum atomic E-state index is 12.7. The van der Waals surface area contributed by atoms with Gasteiger partial charge in [-0.3, -0.25) is 4.79 Å². The van der Waals surface area contributed by atoms with E-state index in [0.717, 1.165) is 19.6 Å². The first-order valence-electron chi connectivity index (χ1n) is 10.0. The second kappa shape index (κ2) is 10.1. The lowest BCUT2D eigenvalue weighted by Gasteiger charge is -2.32. The molecule has 1 aromatic carbocycles. The Balaban J connectivity index is 2.12. The Morgan fingerprint density at radius 3 is 2.64 bits per heavy atom. The molecule has 2 atom stereocenters. The van der Waals surface area contributed by atoms with Gasteiger partial charge in [0, 0.05) is 32.2 Å². The fraction of sp³-hybridized carbons (Fsp3) is 0.650. The number of benzene rings is 1. The molecule has 1 fully saturated rings. The molecule has 0 spiro atoms. The molecule has 0 bridgehead atoms. The van der Waals surface area contributed by atoms with Crippen molar-refractivity contribution in [2.24, 2.45) is 5.92 Å². The summed E-state index contributed by atoms with van der Waals surface area (Å²) in [5, 5.41) is 3.21. The van der Waals surface area contributed by atoms with E-state index in [0.29, 0.717) is 19.0 Å². The standard InChI is InChI=1S/C20H32ClN3O3S/c1-5-24(6-2)28(26,27)17-9-10-19(21)18(12-17)20(25)22-16(4)14-23-11-7-8-15(3)13-23/h9-10,12,15-16H,5-8,11,13-14H2,1-4H3,(H,22,25). The van der Waals surface area contributed by atoms with Gasteiger partial charge in [-0.1, -0.05) is 32.4 Å². The minimum Gasteiger partial charge on any atom is -0.348 e. The van der Waals surface area contributed by atoms with Gasteiger partial charge in [-0.05, 0) is 50.4 Å². The highest BCUT2D eigenvalue weighted by atomic mass is 35.5. The number of nitrogens with one attached hydrogen (secondary N) is 1. The van der Waals surface area contributed by atoms with Crippen molar-refractivity contribution in [2.75, 3.05) is 32.7 Å². The largest absolute Gasteiger partial charge is 0.348 e. The van der Waals surface area contributed by atoms with Crippen molar-refractivity contribution in [3.05, 3.63) is 28.8 Å². The second-order valence-corrected chi connectivity index (χ2v) is 9.96. The van der Waals surface area contributed by atoms with E-state index in [9.17, 15) is 13.2 Å². The van der Waals surface area contributed by atoms with Gasteiger partial charge in [0.15, 0.2) is 0 Å². The van der Waals surface area contributed by atoms with E-state index in [2.05, 4.69) is 17.1 Å². The maximum Gasteiger partial charge on any atom is 0.253 e. The molecule has 1 N–H and O–H groups in total. The van der Waals surface area contributed by atoms with Gasteiger partial charge in [0.25, 0.3) is 5.91 Å². The van der Waals surface area contributed by atoms with Crippen LogP contribution in [0.2, 0.25) is 5.02 Å². The Kier molecular flexibility index (Phi) is 8.30. The third-order valence-electron chi connectivity index (χ3n) is 5.18. The number of rotatable bonds is 8. The highest BCUT2D eigenvalue weighted by molar-refractivity contribution is 7.89. The first-order valence-corrected chi connectivity index (χ1v) is 11.8. The number of nitrogens with zero attached hydrogens (tertiary/aromatic N) is 2. The molecule has 1 aliphatic rings. The lowest BCUT2D eigenvalue weighted by Crippen LogP contribution is -2.45. The van der Waals surface area contributed by atoms with Crippen LogP contribution in [0.1, 0.15) is 50.9 Å². The molecule has 0 saturated carbocycles. The number of halogens is 1. The zero-order valence-corrected chi connectivity index (χ0v) is 18.8. The summed E-state index contributed by atoms with van der Waals surface area (Å²) in [5.41, 5.74) is 0.189. The van der Waals surface area contributed by atoms with Crippen molar-refractivity contribution in [1.82, 2.24) is 14.5 Å². The molecule has 1 saturated heterocycles. The lowest BCUT2D eigenvalue weighted by molar-refractivity contribution is 0.0920. The number of piperidine rings is 1. The van der Waals surface area contributed by atoms with Crippen LogP contribution >= 0.6 is 11.6 Å². The summed E-state index contributed by atoms with van der Waals surface area (Å²) in [6.07, 6.45) is 2.43. The number of hydrogen-bond acceptors (Lipinski definition) is 4. The Morgan fingerprint density at radius 2 is 2.04 bits per heavy atom. The number of carbonyl (C=O) groups is 1. The summed E-state index contributed by atoms with van der Waals surface area (Å²) in [6, 6.07) is 4.24. The maximum absolute atomic E-state index is 12.7. The summed E-state index contributed by atoms with van der Waals surface area (Å²) in [6.45, 7) is 11.4.